The van der Waals surface area contributed by atoms with E-state index in [-0.39, 0.29) is 24.7 Å². The maximum Gasteiger partial charge on any atom is 0.436 e. The van der Waals surface area contributed by atoms with E-state index in [2.05, 4.69) is 28.2 Å². The number of halogens is 1. The summed E-state index contributed by atoms with van der Waals surface area (Å²) in [5.41, 5.74) is 5.65. The van der Waals surface area contributed by atoms with Gasteiger partial charge in [0.05, 0.1) is 13.0 Å². The summed E-state index contributed by atoms with van der Waals surface area (Å²) in [6.07, 6.45) is -0.768. The molecule has 0 bridgehead atoms. The predicted molar refractivity (Wildman–Crippen MR) is 71.6 cm³/mol. The van der Waals surface area contributed by atoms with Crippen molar-refractivity contribution in [3.05, 3.63) is 23.8 Å². The number of rotatable bonds is 6. The van der Waals surface area contributed by atoms with Gasteiger partial charge in [-0.2, -0.15) is 0 Å². The number of nitrogens with one attached hydrogen (secondary N) is 1. The normalized spacial score (nSPS) is 10.7. The fourth-order valence-electron chi connectivity index (χ4n) is 0.859. The maximum atomic E-state index is 11.4. The van der Waals surface area contributed by atoms with Crippen LogP contribution in [0.15, 0.2) is 28.8 Å². The molecule has 0 unspecified atom stereocenters. The molecule has 0 radical (unpaired) electrons. The average molecular weight is 290 g/mol. The topological polar surface area (TPSA) is 114 Å². The summed E-state index contributed by atoms with van der Waals surface area (Å²) in [5, 5.41) is 10.8. The number of nitrogens with zero attached hydrogens (tertiary/aromatic N) is 1. The van der Waals surface area contributed by atoms with Crippen molar-refractivity contribution in [3.8, 4) is 0 Å². The van der Waals surface area contributed by atoms with Crippen molar-refractivity contribution in [2.75, 3.05) is 13.2 Å². The van der Waals surface area contributed by atoms with Gasteiger partial charge in [-0.25, -0.2) is 4.79 Å². The molecule has 2 amide bonds. The first-order valence-electron chi connectivity index (χ1n) is 5.31. The summed E-state index contributed by atoms with van der Waals surface area (Å²) in [6.45, 7) is 6.84. The number of allylic oxidation sites excluding steroid dienone is 1. The van der Waals surface area contributed by atoms with Gasteiger partial charge >= 0.3 is 6.09 Å². The van der Waals surface area contributed by atoms with Crippen molar-refractivity contribution in [3.63, 3.8) is 0 Å². The Balaban J connectivity index is 4.17. The molecule has 0 rings (SSSR count). The Morgan fingerprint density at radius 1 is 1.42 bits per heavy atom. The van der Waals surface area contributed by atoms with Gasteiger partial charge in [-0.1, -0.05) is 24.8 Å². The number of aliphatic imine (C=N–C) groups is 1. The molecule has 19 heavy (non-hydrogen) atoms. The first-order chi connectivity index (χ1) is 8.86. The summed E-state index contributed by atoms with van der Waals surface area (Å²) < 4.78 is 4.58. The Bertz CT molecular complexity index is 407. The molecule has 0 spiro atoms. The van der Waals surface area contributed by atoms with E-state index in [0.29, 0.717) is 12.0 Å². The second-order valence-electron chi connectivity index (χ2n) is 3.42. The number of nitrogens with two attached hydrogens (primary N) is 1. The third-order valence-electron chi connectivity index (χ3n) is 1.76. The van der Waals surface area contributed by atoms with Gasteiger partial charge in [0, 0.05) is 18.1 Å². The molecule has 0 heterocycles. The fraction of sp³-hybridized carbons (Fsp3) is 0.364. The minimum atomic E-state index is -0.952. The van der Waals surface area contributed by atoms with Gasteiger partial charge in [-0.3, -0.25) is 10.1 Å². The highest BCUT2D eigenvalue weighted by Gasteiger charge is 2.08. The first-order valence-corrected chi connectivity index (χ1v) is 5.68. The molecular weight excluding hydrogens is 274 g/mol. The quantitative estimate of drug-likeness (QED) is 0.287. The van der Waals surface area contributed by atoms with Crippen molar-refractivity contribution in [1.29, 1.82) is 0 Å². The van der Waals surface area contributed by atoms with Crippen LogP contribution in [0.4, 0.5) is 4.79 Å². The molecule has 8 heteroatoms. The zero-order valence-electron chi connectivity index (χ0n) is 10.3. The van der Waals surface area contributed by atoms with E-state index in [1.54, 1.807) is 0 Å². The number of amides is 2. The summed E-state index contributed by atoms with van der Waals surface area (Å²) >= 11 is 5.53. The molecule has 0 aromatic rings. The van der Waals surface area contributed by atoms with Crippen LogP contribution in [0.5, 0.6) is 0 Å². The molecule has 0 saturated heterocycles. The molecule has 0 aromatic carbocycles. The molecule has 4 N–H and O–H groups in total. The molecule has 0 fully saturated rings. The van der Waals surface area contributed by atoms with Crippen LogP contribution in [0.1, 0.15) is 12.8 Å². The minimum absolute atomic E-state index is 0.0168. The lowest BCUT2D eigenvalue weighted by Gasteiger charge is -2.05. The van der Waals surface area contributed by atoms with E-state index >= 15 is 0 Å². The Hall–Kier alpha value is -1.86. The number of hydrogen-bond acceptors (Lipinski definition) is 4. The van der Waals surface area contributed by atoms with E-state index in [4.69, 9.17) is 22.4 Å². The van der Waals surface area contributed by atoms with Crippen molar-refractivity contribution in [2.45, 2.75) is 12.8 Å². The van der Waals surface area contributed by atoms with E-state index < -0.39 is 18.0 Å². The Kier molecular flexibility index (Phi) is 8.23. The van der Waals surface area contributed by atoms with Crippen molar-refractivity contribution in [2.24, 2.45) is 10.7 Å². The number of carbonyl (C=O) groups excluding carboxylic acids is 2. The molecular formula is C11H16ClN3O4. The lowest BCUT2D eigenvalue weighted by Crippen LogP contribution is -2.37. The summed E-state index contributed by atoms with van der Waals surface area (Å²) in [6, 6.07) is 0. The molecule has 106 valence electrons. The molecule has 0 aliphatic carbocycles. The molecule has 0 aromatic heterocycles. The van der Waals surface area contributed by atoms with Crippen LogP contribution in [0.25, 0.3) is 0 Å². The zero-order chi connectivity index (χ0) is 14.8. The largest absolute Gasteiger partial charge is 0.448 e. The Morgan fingerprint density at radius 3 is 2.58 bits per heavy atom. The lowest BCUT2D eigenvalue weighted by atomic mass is 10.2. The highest BCUT2D eigenvalue weighted by molar-refractivity contribution is 6.31. The van der Waals surface area contributed by atoms with Gasteiger partial charge < -0.3 is 15.6 Å². The zero-order valence-corrected chi connectivity index (χ0v) is 11.1. The number of aliphatic hydroxyl groups excluding tert-OH is 1. The highest BCUT2D eigenvalue weighted by atomic mass is 35.5. The Labute approximate surface area is 115 Å². The smallest absolute Gasteiger partial charge is 0.436 e. The number of carbonyl (C=O) groups is 2. The highest BCUT2D eigenvalue weighted by Crippen LogP contribution is 2.12. The van der Waals surface area contributed by atoms with Gasteiger partial charge in [-0.05, 0) is 5.57 Å². The second kappa shape index (κ2) is 9.12. The predicted octanol–water partition coefficient (Wildman–Crippen LogP) is 0.635. The maximum absolute atomic E-state index is 11.4. The van der Waals surface area contributed by atoms with Crippen LogP contribution < -0.4 is 11.1 Å². The van der Waals surface area contributed by atoms with E-state index in [9.17, 15) is 9.59 Å². The SMILES string of the molecule is C=C(Cl)C(=C)CC(=O)NC(N)=NC(=O)OCCCO. The molecule has 0 saturated carbocycles. The average Bonchev–Trinajstić information content (AvgIpc) is 2.28. The molecule has 0 atom stereocenters. The number of guanidine groups is 1. The van der Waals surface area contributed by atoms with Gasteiger partial charge in [0.2, 0.25) is 11.9 Å². The minimum Gasteiger partial charge on any atom is -0.448 e. The summed E-state index contributed by atoms with van der Waals surface area (Å²) in [5.74, 6) is -0.928. The first kappa shape index (κ1) is 17.1. The molecule has 7 nitrogen and oxygen atoms in total. The van der Waals surface area contributed by atoms with Crippen LogP contribution >= 0.6 is 11.6 Å². The number of hydrogen-bond donors (Lipinski definition) is 3. The van der Waals surface area contributed by atoms with E-state index in [1.165, 1.54) is 0 Å². The van der Waals surface area contributed by atoms with Gasteiger partial charge in [0.15, 0.2) is 0 Å². The van der Waals surface area contributed by atoms with Crippen LogP contribution in [-0.4, -0.2) is 36.3 Å². The summed E-state index contributed by atoms with van der Waals surface area (Å²) in [4.78, 5) is 25.7. The fourth-order valence-corrected chi connectivity index (χ4v) is 0.926. The second-order valence-corrected chi connectivity index (χ2v) is 3.88. The molecule has 0 aliphatic heterocycles. The third kappa shape index (κ3) is 8.81. The standard InChI is InChI=1S/C11H16ClN3O4/c1-7(8(2)12)6-9(17)14-10(13)15-11(18)19-5-3-4-16/h16H,1-6H2,(H3,13,14,15,17,18). The molecule has 0 aliphatic rings. The van der Waals surface area contributed by atoms with E-state index in [1.807, 2.05) is 0 Å². The number of ether oxygens (including phenoxy) is 1. The third-order valence-corrected chi connectivity index (χ3v) is 2.03. The van der Waals surface area contributed by atoms with Crippen LogP contribution in [0.2, 0.25) is 0 Å². The summed E-state index contributed by atoms with van der Waals surface area (Å²) in [7, 11) is 0. The van der Waals surface area contributed by atoms with Crippen molar-refractivity contribution >= 4 is 29.6 Å². The Morgan fingerprint density at radius 2 is 2.05 bits per heavy atom. The van der Waals surface area contributed by atoms with Crippen LogP contribution in [0, 0.1) is 0 Å². The van der Waals surface area contributed by atoms with E-state index in [0.717, 1.165) is 0 Å². The van der Waals surface area contributed by atoms with Crippen LogP contribution in [0.3, 0.4) is 0 Å². The lowest BCUT2D eigenvalue weighted by molar-refractivity contribution is -0.119. The van der Waals surface area contributed by atoms with Gasteiger partial charge in [0.1, 0.15) is 0 Å². The van der Waals surface area contributed by atoms with Gasteiger partial charge in [-0.15, -0.1) is 4.99 Å². The van der Waals surface area contributed by atoms with Crippen LogP contribution in [-0.2, 0) is 9.53 Å². The van der Waals surface area contributed by atoms with Crippen molar-refractivity contribution < 1.29 is 19.4 Å². The van der Waals surface area contributed by atoms with Gasteiger partial charge in [0.25, 0.3) is 0 Å². The van der Waals surface area contributed by atoms with Crippen molar-refractivity contribution in [1.82, 2.24) is 5.32 Å². The monoisotopic (exact) mass is 289 g/mol. The number of aliphatic hydroxyl groups is 1.